The zero-order valence-electron chi connectivity index (χ0n) is 7.86. The van der Waals surface area contributed by atoms with Gasteiger partial charge in [0.15, 0.2) is 0 Å². The van der Waals surface area contributed by atoms with E-state index in [-0.39, 0.29) is 24.8 Å². The molecule has 0 saturated carbocycles. The van der Waals surface area contributed by atoms with Crippen molar-refractivity contribution in [2.45, 2.75) is 5.79 Å². The van der Waals surface area contributed by atoms with Crippen LogP contribution in [0, 0.1) is 0 Å². The second-order valence-electron chi connectivity index (χ2n) is 3.52. The predicted octanol–water partition coefficient (Wildman–Crippen LogP) is 0.809. The highest BCUT2D eigenvalue weighted by atomic mass is 16.7. The molecule has 0 bridgehead atoms. The van der Waals surface area contributed by atoms with Crippen molar-refractivity contribution in [1.29, 1.82) is 0 Å². The van der Waals surface area contributed by atoms with Crippen molar-refractivity contribution in [1.82, 2.24) is 0 Å². The van der Waals surface area contributed by atoms with Gasteiger partial charge in [0.25, 0.3) is 5.79 Å². The van der Waals surface area contributed by atoms with E-state index in [0.29, 0.717) is 11.1 Å². The van der Waals surface area contributed by atoms with Crippen molar-refractivity contribution in [2.24, 2.45) is 0 Å². The first kappa shape index (κ1) is 8.76. The SMILES string of the molecule is O=C1c2ccccc2C(=O)C12OCCO2. The number of Topliss-reactive ketones (excluding diaryl/α,β-unsaturated/α-hetero) is 2. The fourth-order valence-electron chi connectivity index (χ4n) is 2.01. The van der Waals surface area contributed by atoms with Gasteiger partial charge in [-0.25, -0.2) is 0 Å². The molecule has 1 aliphatic carbocycles. The molecule has 3 rings (SSSR count). The molecular formula is C11H8O4. The van der Waals surface area contributed by atoms with E-state index < -0.39 is 5.79 Å². The molecule has 1 fully saturated rings. The first-order valence-electron chi connectivity index (χ1n) is 4.72. The van der Waals surface area contributed by atoms with Crippen LogP contribution in [0.5, 0.6) is 0 Å². The molecule has 15 heavy (non-hydrogen) atoms. The summed E-state index contributed by atoms with van der Waals surface area (Å²) in [6.45, 7) is 0.566. The van der Waals surface area contributed by atoms with Crippen LogP contribution in [0.25, 0.3) is 0 Å². The number of carbonyl (C=O) groups excluding carboxylic acids is 2. The number of hydrogen-bond donors (Lipinski definition) is 0. The van der Waals surface area contributed by atoms with Gasteiger partial charge < -0.3 is 9.47 Å². The van der Waals surface area contributed by atoms with Gasteiger partial charge in [0.05, 0.1) is 13.2 Å². The van der Waals surface area contributed by atoms with Gasteiger partial charge in [-0.2, -0.15) is 0 Å². The van der Waals surface area contributed by atoms with Crippen molar-refractivity contribution in [3.63, 3.8) is 0 Å². The largest absolute Gasteiger partial charge is 0.335 e. The third kappa shape index (κ3) is 0.926. The van der Waals surface area contributed by atoms with Crippen LogP contribution in [-0.4, -0.2) is 30.6 Å². The Bertz CT molecular complexity index is 420. The van der Waals surface area contributed by atoms with E-state index in [4.69, 9.17) is 9.47 Å². The lowest BCUT2D eigenvalue weighted by Crippen LogP contribution is -2.42. The fourth-order valence-corrected chi connectivity index (χ4v) is 2.01. The lowest BCUT2D eigenvalue weighted by atomic mass is 10.1. The summed E-state index contributed by atoms with van der Waals surface area (Å²) in [6.07, 6.45) is 0. The standard InChI is InChI=1S/C11H8O4/c12-9-7-3-1-2-4-8(7)10(13)11(9)14-5-6-15-11/h1-4H,5-6H2. The topological polar surface area (TPSA) is 52.6 Å². The molecule has 2 aliphatic rings. The molecule has 76 valence electrons. The monoisotopic (exact) mass is 204 g/mol. The third-order valence-electron chi connectivity index (χ3n) is 2.71. The van der Waals surface area contributed by atoms with Gasteiger partial charge in [0.1, 0.15) is 0 Å². The maximum absolute atomic E-state index is 12.0. The number of ketones is 2. The summed E-state index contributed by atoms with van der Waals surface area (Å²) in [5.41, 5.74) is 0.786. The highest BCUT2D eigenvalue weighted by Gasteiger charge is 2.57. The van der Waals surface area contributed by atoms with E-state index in [0.717, 1.165) is 0 Å². The first-order valence-corrected chi connectivity index (χ1v) is 4.72. The number of rotatable bonds is 0. The molecule has 4 heteroatoms. The first-order chi connectivity index (χ1) is 7.26. The van der Waals surface area contributed by atoms with E-state index >= 15 is 0 Å². The molecule has 0 N–H and O–H groups in total. The highest BCUT2D eigenvalue weighted by molar-refractivity contribution is 6.31. The molecule has 1 aromatic rings. The maximum atomic E-state index is 12.0. The van der Waals surface area contributed by atoms with Crippen LogP contribution in [0.2, 0.25) is 0 Å². The minimum Gasteiger partial charge on any atom is -0.335 e. The van der Waals surface area contributed by atoms with Crippen LogP contribution < -0.4 is 0 Å². The molecule has 0 aromatic heterocycles. The lowest BCUT2D eigenvalue weighted by Gasteiger charge is -2.16. The number of hydrogen-bond acceptors (Lipinski definition) is 4. The molecule has 1 spiro atoms. The van der Waals surface area contributed by atoms with Crippen LogP contribution in [0.1, 0.15) is 20.7 Å². The summed E-state index contributed by atoms with van der Waals surface area (Å²) < 4.78 is 10.4. The Balaban J connectivity index is 2.20. The van der Waals surface area contributed by atoms with Crippen molar-refractivity contribution >= 4 is 11.6 Å². The number of ether oxygens (including phenoxy) is 2. The Morgan fingerprint density at radius 3 is 1.87 bits per heavy atom. The van der Waals surface area contributed by atoms with Crippen molar-refractivity contribution in [2.75, 3.05) is 13.2 Å². The second kappa shape index (κ2) is 2.74. The summed E-state index contributed by atoms with van der Waals surface area (Å²) in [6, 6.07) is 6.68. The molecular weight excluding hydrogens is 196 g/mol. The van der Waals surface area contributed by atoms with Gasteiger partial charge in [0.2, 0.25) is 11.6 Å². The molecule has 1 aliphatic heterocycles. The van der Waals surface area contributed by atoms with E-state index in [2.05, 4.69) is 0 Å². The van der Waals surface area contributed by atoms with E-state index in [1.54, 1.807) is 24.3 Å². The summed E-state index contributed by atoms with van der Waals surface area (Å²) in [5.74, 6) is -2.41. The normalized spacial score (nSPS) is 22.4. The zero-order chi connectivity index (χ0) is 10.5. The van der Waals surface area contributed by atoms with E-state index in [1.165, 1.54) is 0 Å². The molecule has 0 radical (unpaired) electrons. The molecule has 0 amide bonds. The summed E-state index contributed by atoms with van der Waals surface area (Å²) >= 11 is 0. The highest BCUT2D eigenvalue weighted by Crippen LogP contribution is 2.36. The van der Waals surface area contributed by atoms with Gasteiger partial charge in [0, 0.05) is 11.1 Å². The quantitative estimate of drug-likeness (QED) is 0.587. The number of carbonyl (C=O) groups is 2. The Labute approximate surface area is 85.8 Å². The van der Waals surface area contributed by atoms with E-state index in [1.807, 2.05) is 0 Å². The molecule has 4 nitrogen and oxygen atoms in total. The van der Waals surface area contributed by atoms with Crippen molar-refractivity contribution in [3.8, 4) is 0 Å². The van der Waals surface area contributed by atoms with Gasteiger partial charge in [-0.05, 0) is 0 Å². The van der Waals surface area contributed by atoms with Gasteiger partial charge in [-0.15, -0.1) is 0 Å². The lowest BCUT2D eigenvalue weighted by molar-refractivity contribution is -0.0851. The summed E-state index contributed by atoms with van der Waals surface area (Å²) in [5, 5.41) is 0. The fraction of sp³-hybridized carbons (Fsp3) is 0.273. The second-order valence-corrected chi connectivity index (χ2v) is 3.52. The van der Waals surface area contributed by atoms with Crippen LogP contribution in [0.15, 0.2) is 24.3 Å². The maximum Gasteiger partial charge on any atom is 0.300 e. The number of fused-ring (bicyclic) bond motifs is 1. The van der Waals surface area contributed by atoms with Crippen LogP contribution >= 0.6 is 0 Å². The Morgan fingerprint density at radius 2 is 1.40 bits per heavy atom. The molecule has 1 heterocycles. The average molecular weight is 204 g/mol. The average Bonchev–Trinajstić information content (AvgIpc) is 2.83. The van der Waals surface area contributed by atoms with Crippen LogP contribution in [0.3, 0.4) is 0 Å². The molecule has 1 aromatic carbocycles. The van der Waals surface area contributed by atoms with Crippen molar-refractivity contribution < 1.29 is 19.1 Å². The van der Waals surface area contributed by atoms with Crippen LogP contribution in [-0.2, 0) is 9.47 Å². The molecule has 1 saturated heterocycles. The summed E-state index contributed by atoms with van der Waals surface area (Å²) in [4.78, 5) is 23.9. The van der Waals surface area contributed by atoms with Crippen molar-refractivity contribution in [3.05, 3.63) is 35.4 Å². The van der Waals surface area contributed by atoms with Gasteiger partial charge in [-0.1, -0.05) is 24.3 Å². The predicted molar refractivity (Wildman–Crippen MR) is 49.7 cm³/mol. The Hall–Kier alpha value is -1.52. The number of benzene rings is 1. The van der Waals surface area contributed by atoms with Crippen LogP contribution in [0.4, 0.5) is 0 Å². The third-order valence-corrected chi connectivity index (χ3v) is 2.71. The zero-order valence-corrected chi connectivity index (χ0v) is 7.86. The minimum absolute atomic E-state index is 0.283. The van der Waals surface area contributed by atoms with Gasteiger partial charge >= 0.3 is 0 Å². The summed E-state index contributed by atoms with van der Waals surface area (Å²) in [7, 11) is 0. The van der Waals surface area contributed by atoms with E-state index in [9.17, 15) is 9.59 Å². The minimum atomic E-state index is -1.66. The molecule has 0 atom stereocenters. The Kier molecular flexibility index (Phi) is 1.60. The Morgan fingerprint density at radius 1 is 0.933 bits per heavy atom. The van der Waals surface area contributed by atoms with Gasteiger partial charge in [-0.3, -0.25) is 9.59 Å². The smallest absolute Gasteiger partial charge is 0.300 e. The molecule has 0 unspecified atom stereocenters.